The molecular formula is C19H17F3N2O. The third-order valence-electron chi connectivity index (χ3n) is 3.95. The SMILES string of the molecule is CC(=O)N(Cc1ccccc1)c1c(C#N)c(CF)cc(CF)c1CF. The van der Waals surface area contributed by atoms with Gasteiger partial charge in [-0.05, 0) is 17.2 Å². The first-order chi connectivity index (χ1) is 12.1. The Balaban J connectivity index is 2.70. The zero-order valence-electron chi connectivity index (χ0n) is 13.7. The summed E-state index contributed by atoms with van der Waals surface area (Å²) in [6, 6.07) is 11.9. The van der Waals surface area contributed by atoms with E-state index in [4.69, 9.17) is 0 Å². The lowest BCUT2D eigenvalue weighted by Crippen LogP contribution is -2.30. The molecule has 2 rings (SSSR count). The number of nitriles is 1. The number of carbonyl (C=O) groups excluding carboxylic acids is 1. The molecule has 0 fully saturated rings. The van der Waals surface area contributed by atoms with Gasteiger partial charge >= 0.3 is 0 Å². The highest BCUT2D eigenvalue weighted by Crippen LogP contribution is 2.34. The van der Waals surface area contributed by atoms with Crippen molar-refractivity contribution in [3.05, 3.63) is 64.2 Å². The van der Waals surface area contributed by atoms with E-state index < -0.39 is 25.9 Å². The minimum atomic E-state index is -1.06. The van der Waals surface area contributed by atoms with Crippen LogP contribution in [0.3, 0.4) is 0 Å². The maximum Gasteiger partial charge on any atom is 0.224 e. The van der Waals surface area contributed by atoms with E-state index in [2.05, 4.69) is 0 Å². The number of nitrogens with zero attached hydrogens (tertiary/aromatic N) is 2. The Kier molecular flexibility index (Phi) is 6.18. The smallest absolute Gasteiger partial charge is 0.224 e. The van der Waals surface area contributed by atoms with Crippen LogP contribution in [0.4, 0.5) is 18.9 Å². The maximum atomic E-state index is 13.6. The van der Waals surface area contributed by atoms with Gasteiger partial charge in [-0.25, -0.2) is 13.2 Å². The molecule has 130 valence electrons. The van der Waals surface area contributed by atoms with Gasteiger partial charge in [-0.3, -0.25) is 4.79 Å². The Morgan fingerprint density at radius 3 is 2.20 bits per heavy atom. The van der Waals surface area contributed by atoms with Crippen molar-refractivity contribution in [3.8, 4) is 6.07 Å². The lowest BCUT2D eigenvalue weighted by molar-refractivity contribution is -0.116. The fourth-order valence-corrected chi connectivity index (χ4v) is 2.73. The van der Waals surface area contributed by atoms with E-state index in [1.165, 1.54) is 11.8 Å². The van der Waals surface area contributed by atoms with E-state index >= 15 is 0 Å². The molecule has 0 atom stereocenters. The van der Waals surface area contributed by atoms with E-state index in [0.29, 0.717) is 0 Å². The maximum absolute atomic E-state index is 13.6. The number of hydrogen-bond donors (Lipinski definition) is 0. The van der Waals surface area contributed by atoms with Gasteiger partial charge in [-0.15, -0.1) is 0 Å². The molecule has 0 unspecified atom stereocenters. The van der Waals surface area contributed by atoms with Crippen LogP contribution in [0.1, 0.15) is 34.7 Å². The van der Waals surface area contributed by atoms with Crippen LogP contribution in [0.2, 0.25) is 0 Å². The molecular weight excluding hydrogens is 329 g/mol. The highest BCUT2D eigenvalue weighted by Gasteiger charge is 2.25. The van der Waals surface area contributed by atoms with Crippen molar-refractivity contribution in [3.63, 3.8) is 0 Å². The van der Waals surface area contributed by atoms with E-state index in [1.807, 2.05) is 6.07 Å². The number of hydrogen-bond acceptors (Lipinski definition) is 2. The first kappa shape index (κ1) is 18.5. The normalized spacial score (nSPS) is 10.4. The molecule has 0 saturated carbocycles. The second kappa shape index (κ2) is 8.34. The molecule has 0 N–H and O–H groups in total. The van der Waals surface area contributed by atoms with Crippen molar-refractivity contribution in [1.82, 2.24) is 0 Å². The van der Waals surface area contributed by atoms with Crippen molar-refractivity contribution in [2.45, 2.75) is 33.5 Å². The summed E-state index contributed by atoms with van der Waals surface area (Å²) in [5.74, 6) is -0.448. The highest BCUT2D eigenvalue weighted by atomic mass is 19.1. The monoisotopic (exact) mass is 346 g/mol. The van der Waals surface area contributed by atoms with Crippen LogP contribution in [0.15, 0.2) is 36.4 Å². The zero-order chi connectivity index (χ0) is 18.4. The van der Waals surface area contributed by atoms with Crippen LogP contribution in [0.5, 0.6) is 0 Å². The summed E-state index contributed by atoms with van der Waals surface area (Å²) in [6.07, 6.45) is 0. The molecule has 1 amide bonds. The third kappa shape index (κ3) is 3.82. The molecule has 2 aromatic carbocycles. The summed E-state index contributed by atoms with van der Waals surface area (Å²) in [6.45, 7) is -1.74. The van der Waals surface area contributed by atoms with Gasteiger partial charge in [0.25, 0.3) is 0 Å². The number of benzene rings is 2. The summed E-state index contributed by atoms with van der Waals surface area (Å²) in [7, 11) is 0. The largest absolute Gasteiger partial charge is 0.307 e. The Morgan fingerprint density at radius 1 is 1.08 bits per heavy atom. The number of rotatable bonds is 6. The summed E-state index contributed by atoms with van der Waals surface area (Å²) < 4.78 is 40.3. The Morgan fingerprint density at radius 2 is 1.72 bits per heavy atom. The first-order valence-corrected chi connectivity index (χ1v) is 7.65. The molecule has 6 heteroatoms. The van der Waals surface area contributed by atoms with Crippen molar-refractivity contribution in [2.24, 2.45) is 0 Å². The highest BCUT2D eigenvalue weighted by molar-refractivity contribution is 5.94. The second-order valence-corrected chi connectivity index (χ2v) is 5.50. The van der Waals surface area contributed by atoms with Crippen LogP contribution in [0.25, 0.3) is 0 Å². The molecule has 0 aliphatic rings. The van der Waals surface area contributed by atoms with Gasteiger partial charge in [0, 0.05) is 18.1 Å². The van der Waals surface area contributed by atoms with Gasteiger partial charge < -0.3 is 4.90 Å². The molecule has 0 radical (unpaired) electrons. The molecule has 0 aromatic heterocycles. The summed E-state index contributed by atoms with van der Waals surface area (Å²) >= 11 is 0. The van der Waals surface area contributed by atoms with Crippen LogP contribution in [0, 0.1) is 11.3 Å². The van der Waals surface area contributed by atoms with E-state index in [9.17, 15) is 23.2 Å². The van der Waals surface area contributed by atoms with Crippen molar-refractivity contribution in [2.75, 3.05) is 4.90 Å². The number of carbonyl (C=O) groups is 1. The number of anilines is 1. The van der Waals surface area contributed by atoms with Crippen molar-refractivity contribution in [1.29, 1.82) is 5.26 Å². The first-order valence-electron chi connectivity index (χ1n) is 7.65. The Bertz CT molecular complexity index is 801. The van der Waals surface area contributed by atoms with Gasteiger partial charge in [0.1, 0.15) is 26.1 Å². The Hall–Kier alpha value is -2.81. The quantitative estimate of drug-likeness (QED) is 0.772. The summed E-state index contributed by atoms with van der Waals surface area (Å²) in [5.41, 5.74) is 0.356. The Labute approximate surface area is 144 Å². The predicted molar refractivity (Wildman–Crippen MR) is 88.9 cm³/mol. The average molecular weight is 346 g/mol. The lowest BCUT2D eigenvalue weighted by atomic mass is 9.96. The van der Waals surface area contributed by atoms with Gasteiger partial charge in [0.05, 0.1) is 17.8 Å². The van der Waals surface area contributed by atoms with E-state index in [-0.39, 0.29) is 34.5 Å². The molecule has 0 bridgehead atoms. The topological polar surface area (TPSA) is 44.1 Å². The van der Waals surface area contributed by atoms with Crippen molar-refractivity contribution < 1.29 is 18.0 Å². The predicted octanol–water partition coefficient (Wildman–Crippen LogP) is 4.52. The van der Waals surface area contributed by atoms with Gasteiger partial charge in [0.15, 0.2) is 0 Å². The number of alkyl halides is 3. The van der Waals surface area contributed by atoms with Crippen LogP contribution in [-0.4, -0.2) is 5.91 Å². The van der Waals surface area contributed by atoms with Crippen LogP contribution >= 0.6 is 0 Å². The van der Waals surface area contributed by atoms with Gasteiger partial charge in [0.2, 0.25) is 5.91 Å². The number of amides is 1. The fraction of sp³-hybridized carbons (Fsp3) is 0.263. The molecule has 25 heavy (non-hydrogen) atoms. The molecule has 2 aromatic rings. The minimum Gasteiger partial charge on any atom is -0.307 e. The standard InChI is InChI=1S/C19H17F3N2O/c1-13(25)24(12-14-5-3-2-4-6-14)19-17(10-22)15(8-20)7-16(9-21)18(19)11-23/h2-7H,8-10,12H2,1H3. The van der Waals surface area contributed by atoms with Crippen LogP contribution < -0.4 is 4.90 Å². The molecule has 0 spiro atoms. The van der Waals surface area contributed by atoms with Gasteiger partial charge in [-0.1, -0.05) is 30.3 Å². The molecule has 0 aliphatic carbocycles. The summed E-state index contributed by atoms with van der Waals surface area (Å²) in [5, 5.41) is 9.44. The van der Waals surface area contributed by atoms with Crippen molar-refractivity contribution >= 4 is 11.6 Å². The summed E-state index contributed by atoms with van der Waals surface area (Å²) in [4.78, 5) is 13.4. The van der Waals surface area contributed by atoms with E-state index in [1.54, 1.807) is 30.3 Å². The molecule has 0 saturated heterocycles. The molecule has 0 heterocycles. The second-order valence-electron chi connectivity index (χ2n) is 5.50. The minimum absolute atomic E-state index is 0.0517. The third-order valence-corrected chi connectivity index (χ3v) is 3.95. The van der Waals surface area contributed by atoms with Crippen LogP contribution in [-0.2, 0) is 31.4 Å². The average Bonchev–Trinajstić information content (AvgIpc) is 2.64. The molecule has 0 aliphatic heterocycles. The zero-order valence-corrected chi connectivity index (χ0v) is 13.7. The van der Waals surface area contributed by atoms with Gasteiger partial charge in [-0.2, -0.15) is 5.26 Å². The lowest BCUT2D eigenvalue weighted by Gasteiger charge is -2.27. The van der Waals surface area contributed by atoms with E-state index in [0.717, 1.165) is 11.6 Å². The molecule has 3 nitrogen and oxygen atoms in total. The fourth-order valence-electron chi connectivity index (χ4n) is 2.73. The number of halogens is 3.